The number of aryl methyl sites for hydroxylation is 1. The van der Waals surface area contributed by atoms with E-state index in [0.29, 0.717) is 12.1 Å². The van der Waals surface area contributed by atoms with Crippen LogP contribution in [0.15, 0.2) is 18.2 Å². The van der Waals surface area contributed by atoms with Gasteiger partial charge < -0.3 is 10.1 Å². The van der Waals surface area contributed by atoms with Crippen molar-refractivity contribution in [3.05, 3.63) is 29.3 Å². The lowest BCUT2D eigenvalue weighted by Gasteiger charge is -2.26. The van der Waals surface area contributed by atoms with Crippen LogP contribution in [0.25, 0.3) is 0 Å². The summed E-state index contributed by atoms with van der Waals surface area (Å²) in [6.07, 6.45) is 5.56. The molecule has 1 aliphatic rings. The van der Waals surface area contributed by atoms with E-state index < -0.39 is 0 Å². The van der Waals surface area contributed by atoms with Crippen LogP contribution in [0.4, 0.5) is 0 Å². The van der Waals surface area contributed by atoms with Gasteiger partial charge in [-0.25, -0.2) is 0 Å². The van der Waals surface area contributed by atoms with Gasteiger partial charge in [-0.15, -0.1) is 0 Å². The van der Waals surface area contributed by atoms with Gasteiger partial charge in [-0.3, -0.25) is 0 Å². The summed E-state index contributed by atoms with van der Waals surface area (Å²) in [5.74, 6) is 1.84. The van der Waals surface area contributed by atoms with E-state index in [1.54, 1.807) is 7.11 Å². The second-order valence-electron chi connectivity index (χ2n) is 5.97. The van der Waals surface area contributed by atoms with E-state index in [4.69, 9.17) is 4.74 Å². The highest BCUT2D eigenvalue weighted by Gasteiger charge is 2.23. The van der Waals surface area contributed by atoms with Crippen molar-refractivity contribution in [1.29, 1.82) is 0 Å². The van der Waals surface area contributed by atoms with Crippen LogP contribution in [0, 0.1) is 12.8 Å². The van der Waals surface area contributed by atoms with Crippen LogP contribution in [-0.2, 0) is 0 Å². The Hall–Kier alpha value is -1.02. The van der Waals surface area contributed by atoms with Crippen molar-refractivity contribution in [3.63, 3.8) is 0 Å². The van der Waals surface area contributed by atoms with Gasteiger partial charge >= 0.3 is 0 Å². The molecule has 2 nitrogen and oxygen atoms in total. The monoisotopic (exact) mass is 261 g/mol. The van der Waals surface area contributed by atoms with E-state index in [1.165, 1.54) is 36.8 Å². The first-order valence-corrected chi connectivity index (χ1v) is 7.52. The van der Waals surface area contributed by atoms with E-state index >= 15 is 0 Å². The number of benzene rings is 1. The molecule has 0 aromatic heterocycles. The zero-order chi connectivity index (χ0) is 13.8. The number of nitrogens with one attached hydrogen (secondary N) is 1. The minimum absolute atomic E-state index is 0.338. The SMILES string of the molecule is COc1ccc(C)cc1C(C)N[C@@H](C)C1CCCC1. The molecule has 19 heavy (non-hydrogen) atoms. The number of hydrogen-bond donors (Lipinski definition) is 1. The standard InChI is InChI=1S/C17H27NO/c1-12-9-10-17(19-4)16(11-12)14(3)18-13(2)15-7-5-6-8-15/h9-11,13-15,18H,5-8H2,1-4H3/t13-,14?/m0/s1. The summed E-state index contributed by atoms with van der Waals surface area (Å²) in [5.41, 5.74) is 2.56. The van der Waals surface area contributed by atoms with E-state index in [2.05, 4.69) is 44.3 Å². The molecule has 2 heteroatoms. The molecule has 0 heterocycles. The summed E-state index contributed by atoms with van der Waals surface area (Å²) in [6, 6.07) is 7.34. The Morgan fingerprint density at radius 2 is 1.89 bits per heavy atom. The molecule has 1 aliphatic carbocycles. The predicted molar refractivity (Wildman–Crippen MR) is 80.7 cm³/mol. The van der Waals surface area contributed by atoms with Gasteiger partial charge in [0.05, 0.1) is 7.11 Å². The second-order valence-corrected chi connectivity index (χ2v) is 5.97. The van der Waals surface area contributed by atoms with E-state index in [-0.39, 0.29) is 0 Å². The maximum Gasteiger partial charge on any atom is 0.123 e. The topological polar surface area (TPSA) is 21.3 Å². The summed E-state index contributed by atoms with van der Waals surface area (Å²) >= 11 is 0. The van der Waals surface area contributed by atoms with Gasteiger partial charge in [0.2, 0.25) is 0 Å². The highest BCUT2D eigenvalue weighted by atomic mass is 16.5. The fraction of sp³-hybridized carbons (Fsp3) is 0.647. The Balaban J connectivity index is 2.06. The van der Waals surface area contributed by atoms with Crippen LogP contribution in [0.5, 0.6) is 5.75 Å². The molecule has 1 N–H and O–H groups in total. The molecule has 1 saturated carbocycles. The Kier molecular flexibility index (Phi) is 4.87. The van der Waals surface area contributed by atoms with Crippen molar-refractivity contribution in [2.45, 2.75) is 58.5 Å². The maximum absolute atomic E-state index is 5.49. The maximum atomic E-state index is 5.49. The average molecular weight is 261 g/mol. The summed E-state index contributed by atoms with van der Waals surface area (Å²) in [5, 5.41) is 3.76. The van der Waals surface area contributed by atoms with Crippen LogP contribution in [0.2, 0.25) is 0 Å². The molecule has 0 radical (unpaired) electrons. The fourth-order valence-electron chi connectivity index (χ4n) is 3.27. The molecule has 2 rings (SSSR count). The fourth-order valence-corrected chi connectivity index (χ4v) is 3.27. The quantitative estimate of drug-likeness (QED) is 0.856. The van der Waals surface area contributed by atoms with Crippen LogP contribution in [-0.4, -0.2) is 13.2 Å². The van der Waals surface area contributed by atoms with Crippen molar-refractivity contribution in [2.24, 2.45) is 5.92 Å². The lowest BCUT2D eigenvalue weighted by molar-refractivity contribution is 0.343. The van der Waals surface area contributed by atoms with Crippen LogP contribution in [0.3, 0.4) is 0 Å². The van der Waals surface area contributed by atoms with E-state index in [0.717, 1.165) is 11.7 Å². The van der Waals surface area contributed by atoms with Gasteiger partial charge in [0.25, 0.3) is 0 Å². The summed E-state index contributed by atoms with van der Waals surface area (Å²) in [7, 11) is 1.75. The van der Waals surface area contributed by atoms with Crippen molar-refractivity contribution < 1.29 is 4.74 Å². The number of methoxy groups -OCH3 is 1. The third kappa shape index (κ3) is 3.50. The van der Waals surface area contributed by atoms with Crippen LogP contribution in [0.1, 0.15) is 56.7 Å². The summed E-state index contributed by atoms with van der Waals surface area (Å²) < 4.78 is 5.49. The Morgan fingerprint density at radius 3 is 2.53 bits per heavy atom. The molecule has 1 aromatic carbocycles. The van der Waals surface area contributed by atoms with Gasteiger partial charge in [-0.1, -0.05) is 30.5 Å². The molecular weight excluding hydrogens is 234 g/mol. The largest absolute Gasteiger partial charge is 0.496 e. The molecule has 0 spiro atoms. The van der Waals surface area contributed by atoms with Crippen LogP contribution >= 0.6 is 0 Å². The molecule has 1 unspecified atom stereocenters. The molecule has 0 amide bonds. The van der Waals surface area contributed by atoms with Gasteiger partial charge in [0.1, 0.15) is 5.75 Å². The van der Waals surface area contributed by atoms with Gasteiger partial charge in [-0.2, -0.15) is 0 Å². The zero-order valence-electron chi connectivity index (χ0n) is 12.7. The summed E-state index contributed by atoms with van der Waals surface area (Å²) in [4.78, 5) is 0. The van der Waals surface area contributed by atoms with Gasteiger partial charge in [-0.05, 0) is 45.6 Å². The first kappa shape index (κ1) is 14.4. The van der Waals surface area contributed by atoms with Crippen molar-refractivity contribution in [1.82, 2.24) is 5.32 Å². The molecule has 0 aliphatic heterocycles. The smallest absolute Gasteiger partial charge is 0.123 e. The molecular formula is C17H27NO. The first-order valence-electron chi connectivity index (χ1n) is 7.52. The molecule has 106 valence electrons. The predicted octanol–water partition coefficient (Wildman–Crippen LogP) is 4.23. The van der Waals surface area contributed by atoms with Crippen molar-refractivity contribution in [3.8, 4) is 5.75 Å². The van der Waals surface area contributed by atoms with E-state index in [1.807, 2.05) is 0 Å². The highest BCUT2D eigenvalue weighted by Crippen LogP contribution is 2.31. The minimum atomic E-state index is 0.338. The van der Waals surface area contributed by atoms with Crippen LogP contribution < -0.4 is 10.1 Å². The minimum Gasteiger partial charge on any atom is -0.496 e. The normalized spacial score (nSPS) is 19.4. The van der Waals surface area contributed by atoms with Gasteiger partial charge in [0, 0.05) is 17.6 Å². The molecule has 1 fully saturated rings. The Morgan fingerprint density at radius 1 is 1.21 bits per heavy atom. The number of ether oxygens (including phenoxy) is 1. The Labute approximate surface area is 117 Å². The Bertz CT molecular complexity index is 410. The van der Waals surface area contributed by atoms with E-state index in [9.17, 15) is 0 Å². The molecule has 0 saturated heterocycles. The summed E-state index contributed by atoms with van der Waals surface area (Å²) in [6.45, 7) is 6.70. The third-order valence-electron chi connectivity index (χ3n) is 4.47. The molecule has 2 atom stereocenters. The lowest BCUT2D eigenvalue weighted by atomic mass is 9.97. The van der Waals surface area contributed by atoms with Crippen molar-refractivity contribution >= 4 is 0 Å². The van der Waals surface area contributed by atoms with Gasteiger partial charge in [0.15, 0.2) is 0 Å². The highest BCUT2D eigenvalue weighted by molar-refractivity contribution is 5.38. The zero-order valence-corrected chi connectivity index (χ0v) is 12.7. The average Bonchev–Trinajstić information content (AvgIpc) is 2.92. The third-order valence-corrected chi connectivity index (χ3v) is 4.47. The molecule has 0 bridgehead atoms. The number of rotatable bonds is 5. The first-order chi connectivity index (χ1) is 9.11. The van der Waals surface area contributed by atoms with Crippen molar-refractivity contribution in [2.75, 3.05) is 7.11 Å². The lowest BCUT2D eigenvalue weighted by Crippen LogP contribution is -2.34. The second kappa shape index (κ2) is 6.42. The molecule has 1 aromatic rings. The number of hydrogen-bond acceptors (Lipinski definition) is 2.